The van der Waals surface area contributed by atoms with Crippen LogP contribution in [0.25, 0.3) is 11.1 Å². The lowest BCUT2D eigenvalue weighted by molar-refractivity contribution is 0.935. The summed E-state index contributed by atoms with van der Waals surface area (Å²) in [5.41, 5.74) is 2.33. The number of nitrogens with zero attached hydrogens (tertiary/aromatic N) is 2. The smallest absolute Gasteiger partial charge is 0.126 e. The van der Waals surface area contributed by atoms with Crippen LogP contribution in [-0.4, -0.2) is 16.5 Å². The van der Waals surface area contributed by atoms with Crippen molar-refractivity contribution in [2.24, 2.45) is 0 Å². The van der Waals surface area contributed by atoms with Crippen molar-refractivity contribution in [3.8, 4) is 11.1 Å². The molecule has 0 aliphatic rings. The molecular formula is C11H10N2S. The van der Waals surface area contributed by atoms with Gasteiger partial charge in [-0.15, -0.1) is 16.9 Å². The molecule has 0 aliphatic carbocycles. The first-order chi connectivity index (χ1) is 6.92. The van der Waals surface area contributed by atoms with Crippen molar-refractivity contribution in [2.75, 3.05) is 6.26 Å². The molecule has 0 amide bonds. The second-order valence-electron chi connectivity index (χ2n) is 2.82. The molecular weight excluding hydrogens is 192 g/mol. The summed E-state index contributed by atoms with van der Waals surface area (Å²) in [5.74, 6) is 0. The third kappa shape index (κ3) is 1.77. The maximum atomic E-state index is 4.09. The molecule has 0 bridgehead atoms. The zero-order chi connectivity index (χ0) is 9.80. The first-order valence-corrected chi connectivity index (χ1v) is 5.55. The van der Waals surface area contributed by atoms with E-state index in [0.717, 1.165) is 10.6 Å². The van der Waals surface area contributed by atoms with Crippen molar-refractivity contribution >= 4 is 11.8 Å². The Kier molecular flexibility index (Phi) is 2.79. The molecule has 2 aromatic rings. The Morgan fingerprint density at radius 3 is 2.57 bits per heavy atom. The molecule has 0 radical (unpaired) electrons. The lowest BCUT2D eigenvalue weighted by Crippen LogP contribution is -1.88. The first kappa shape index (κ1) is 9.21. The lowest BCUT2D eigenvalue weighted by Gasteiger charge is -2.04. The summed E-state index contributed by atoms with van der Waals surface area (Å²) in [6.07, 6.45) is 3.73. The minimum atomic E-state index is 0.971. The molecule has 2 rings (SSSR count). The van der Waals surface area contributed by atoms with E-state index in [1.807, 2.05) is 30.5 Å². The molecule has 0 spiro atoms. The van der Waals surface area contributed by atoms with Gasteiger partial charge in [0.25, 0.3) is 0 Å². The fraction of sp³-hybridized carbons (Fsp3) is 0.0909. The van der Waals surface area contributed by atoms with E-state index in [4.69, 9.17) is 0 Å². The quantitative estimate of drug-likeness (QED) is 0.700. The molecule has 0 atom stereocenters. The molecule has 1 aromatic carbocycles. The topological polar surface area (TPSA) is 25.8 Å². The Morgan fingerprint density at radius 2 is 1.86 bits per heavy atom. The van der Waals surface area contributed by atoms with Crippen molar-refractivity contribution in [3.63, 3.8) is 0 Å². The average Bonchev–Trinajstić information content (AvgIpc) is 2.30. The Bertz CT molecular complexity index is 415. The van der Waals surface area contributed by atoms with Gasteiger partial charge in [0.2, 0.25) is 0 Å². The number of hydrogen-bond acceptors (Lipinski definition) is 3. The normalized spacial score (nSPS) is 10.1. The van der Waals surface area contributed by atoms with Crippen LogP contribution in [0.4, 0.5) is 0 Å². The third-order valence-corrected chi connectivity index (χ3v) is 2.65. The minimum Gasteiger partial charge on any atom is -0.158 e. The third-order valence-electron chi connectivity index (χ3n) is 1.96. The second-order valence-corrected chi connectivity index (χ2v) is 3.62. The van der Waals surface area contributed by atoms with E-state index >= 15 is 0 Å². The Balaban J connectivity index is 2.51. The zero-order valence-electron chi connectivity index (χ0n) is 7.84. The molecule has 0 unspecified atom stereocenters. The highest BCUT2D eigenvalue weighted by molar-refractivity contribution is 7.98. The van der Waals surface area contributed by atoms with Gasteiger partial charge in [-0.3, -0.25) is 0 Å². The van der Waals surface area contributed by atoms with Gasteiger partial charge in [0.15, 0.2) is 0 Å². The Hall–Kier alpha value is -1.35. The van der Waals surface area contributed by atoms with Crippen LogP contribution in [0.2, 0.25) is 0 Å². The summed E-state index contributed by atoms with van der Waals surface area (Å²) in [4.78, 5) is 0. The highest BCUT2D eigenvalue weighted by Gasteiger charge is 2.03. The molecule has 0 fully saturated rings. The fourth-order valence-electron chi connectivity index (χ4n) is 1.31. The molecule has 14 heavy (non-hydrogen) atoms. The van der Waals surface area contributed by atoms with Gasteiger partial charge >= 0.3 is 0 Å². The standard InChI is InChI=1S/C11H10N2S/c1-14-11-10(7-8-12-13-11)9-5-3-2-4-6-9/h2-8H,1H3. The molecule has 0 N–H and O–H groups in total. The minimum absolute atomic E-state index is 0.971. The molecule has 1 aromatic heterocycles. The molecule has 2 nitrogen and oxygen atoms in total. The second kappa shape index (κ2) is 4.24. The van der Waals surface area contributed by atoms with Gasteiger partial charge < -0.3 is 0 Å². The van der Waals surface area contributed by atoms with Crippen LogP contribution in [0.3, 0.4) is 0 Å². The van der Waals surface area contributed by atoms with Gasteiger partial charge in [-0.05, 0) is 17.9 Å². The van der Waals surface area contributed by atoms with Crippen molar-refractivity contribution in [3.05, 3.63) is 42.6 Å². The van der Waals surface area contributed by atoms with Gasteiger partial charge in [-0.25, -0.2) is 0 Å². The van der Waals surface area contributed by atoms with Crippen molar-refractivity contribution in [1.82, 2.24) is 10.2 Å². The summed E-state index contributed by atoms with van der Waals surface area (Å²) in [6.45, 7) is 0. The summed E-state index contributed by atoms with van der Waals surface area (Å²) in [6, 6.07) is 12.2. The lowest BCUT2D eigenvalue weighted by atomic mass is 10.1. The van der Waals surface area contributed by atoms with Gasteiger partial charge in [0.05, 0.1) is 6.20 Å². The highest BCUT2D eigenvalue weighted by Crippen LogP contribution is 2.26. The summed E-state index contributed by atoms with van der Waals surface area (Å²) in [5, 5.41) is 8.93. The van der Waals surface area contributed by atoms with Crippen LogP contribution < -0.4 is 0 Å². The van der Waals surface area contributed by atoms with Crippen molar-refractivity contribution in [2.45, 2.75) is 5.03 Å². The van der Waals surface area contributed by atoms with Crippen molar-refractivity contribution < 1.29 is 0 Å². The van der Waals surface area contributed by atoms with Crippen LogP contribution in [-0.2, 0) is 0 Å². The summed E-state index contributed by atoms with van der Waals surface area (Å²) < 4.78 is 0. The van der Waals surface area contributed by atoms with Crippen LogP contribution >= 0.6 is 11.8 Å². The molecule has 0 aliphatic heterocycles. The molecule has 0 saturated carbocycles. The zero-order valence-corrected chi connectivity index (χ0v) is 8.66. The highest BCUT2D eigenvalue weighted by atomic mass is 32.2. The monoisotopic (exact) mass is 202 g/mol. The van der Waals surface area contributed by atoms with Gasteiger partial charge in [-0.1, -0.05) is 30.3 Å². The number of aromatic nitrogens is 2. The Morgan fingerprint density at radius 1 is 1.07 bits per heavy atom. The first-order valence-electron chi connectivity index (χ1n) is 4.33. The average molecular weight is 202 g/mol. The van der Waals surface area contributed by atoms with E-state index < -0.39 is 0 Å². The fourth-order valence-corrected chi connectivity index (χ4v) is 1.84. The van der Waals surface area contributed by atoms with E-state index in [0.29, 0.717) is 0 Å². The molecule has 3 heteroatoms. The molecule has 0 saturated heterocycles. The van der Waals surface area contributed by atoms with Gasteiger partial charge in [0.1, 0.15) is 5.03 Å². The maximum Gasteiger partial charge on any atom is 0.126 e. The number of rotatable bonds is 2. The van der Waals surface area contributed by atoms with Crippen molar-refractivity contribution in [1.29, 1.82) is 0 Å². The van der Waals surface area contributed by atoms with E-state index in [9.17, 15) is 0 Å². The molecule has 1 heterocycles. The van der Waals surface area contributed by atoms with E-state index in [1.165, 1.54) is 5.56 Å². The van der Waals surface area contributed by atoms with E-state index in [-0.39, 0.29) is 0 Å². The summed E-state index contributed by atoms with van der Waals surface area (Å²) in [7, 11) is 0. The number of benzene rings is 1. The summed E-state index contributed by atoms with van der Waals surface area (Å²) >= 11 is 1.62. The van der Waals surface area contributed by atoms with Crippen LogP contribution in [0, 0.1) is 0 Å². The maximum absolute atomic E-state index is 4.09. The van der Waals surface area contributed by atoms with Crippen LogP contribution in [0.1, 0.15) is 0 Å². The van der Waals surface area contributed by atoms with E-state index in [2.05, 4.69) is 22.3 Å². The predicted molar refractivity (Wildman–Crippen MR) is 59.2 cm³/mol. The predicted octanol–water partition coefficient (Wildman–Crippen LogP) is 2.87. The number of hydrogen-bond donors (Lipinski definition) is 0. The van der Waals surface area contributed by atoms with E-state index in [1.54, 1.807) is 18.0 Å². The van der Waals surface area contributed by atoms with Gasteiger partial charge in [0, 0.05) is 5.56 Å². The number of thioether (sulfide) groups is 1. The largest absolute Gasteiger partial charge is 0.158 e. The van der Waals surface area contributed by atoms with Gasteiger partial charge in [-0.2, -0.15) is 5.10 Å². The Labute approximate surface area is 87.4 Å². The van der Waals surface area contributed by atoms with Crippen LogP contribution in [0.15, 0.2) is 47.6 Å². The van der Waals surface area contributed by atoms with Crippen LogP contribution in [0.5, 0.6) is 0 Å². The SMILES string of the molecule is CSc1nnccc1-c1ccccc1. The molecule has 70 valence electrons.